The van der Waals surface area contributed by atoms with E-state index in [1.807, 2.05) is 6.92 Å². The monoisotopic (exact) mass is 304 g/mol. The number of hydrogen-bond donors (Lipinski definition) is 2. The topological polar surface area (TPSA) is 61.0 Å². The first-order valence-electron chi connectivity index (χ1n) is 8.76. The maximum absolute atomic E-state index is 12.2. The van der Waals surface area contributed by atoms with Crippen molar-refractivity contribution in [2.45, 2.75) is 57.9 Å². The van der Waals surface area contributed by atoms with E-state index in [2.05, 4.69) is 20.4 Å². The van der Waals surface area contributed by atoms with Crippen LogP contribution in [0.4, 0.5) is 0 Å². The van der Waals surface area contributed by atoms with Gasteiger partial charge in [0.25, 0.3) is 5.91 Å². The van der Waals surface area contributed by atoms with Crippen molar-refractivity contribution < 1.29 is 4.79 Å². The van der Waals surface area contributed by atoms with Crippen molar-refractivity contribution in [3.63, 3.8) is 0 Å². The highest BCUT2D eigenvalue weighted by Gasteiger charge is 2.25. The number of aryl methyl sites for hydroxylation is 1. The Kier molecular flexibility index (Phi) is 5.13. The summed E-state index contributed by atoms with van der Waals surface area (Å²) >= 11 is 0. The molecule has 5 heteroatoms. The van der Waals surface area contributed by atoms with Gasteiger partial charge in [0.1, 0.15) is 5.69 Å². The van der Waals surface area contributed by atoms with E-state index < -0.39 is 0 Å². The Balaban J connectivity index is 1.48. The summed E-state index contributed by atoms with van der Waals surface area (Å²) in [4.78, 5) is 14.8. The first-order chi connectivity index (χ1) is 10.7. The summed E-state index contributed by atoms with van der Waals surface area (Å²) in [5.41, 5.74) is 1.43. The van der Waals surface area contributed by atoms with Crippen LogP contribution in [0.1, 0.15) is 61.1 Å². The SMILES string of the molecule is Cc1cc(C(=O)N[C@H]2CCCN(CC3CCCCC3)C2)n[nH]1. The smallest absolute Gasteiger partial charge is 0.272 e. The van der Waals surface area contributed by atoms with Gasteiger partial charge in [-0.05, 0) is 51.1 Å². The predicted molar refractivity (Wildman–Crippen MR) is 86.8 cm³/mol. The van der Waals surface area contributed by atoms with Crippen LogP contribution in [0, 0.1) is 12.8 Å². The fraction of sp³-hybridized carbons (Fsp3) is 0.765. The predicted octanol–water partition coefficient (Wildman–Crippen LogP) is 2.49. The molecule has 0 unspecified atom stereocenters. The summed E-state index contributed by atoms with van der Waals surface area (Å²) in [5.74, 6) is 0.825. The second kappa shape index (κ2) is 7.27. The number of nitrogens with one attached hydrogen (secondary N) is 2. The van der Waals surface area contributed by atoms with Crippen molar-refractivity contribution in [2.75, 3.05) is 19.6 Å². The molecular weight excluding hydrogens is 276 g/mol. The Morgan fingerprint density at radius 1 is 1.32 bits per heavy atom. The lowest BCUT2D eigenvalue weighted by molar-refractivity contribution is 0.0885. The van der Waals surface area contributed by atoms with Crippen LogP contribution in [0.5, 0.6) is 0 Å². The normalized spacial score (nSPS) is 24.3. The van der Waals surface area contributed by atoms with Gasteiger partial charge in [0.2, 0.25) is 0 Å². The van der Waals surface area contributed by atoms with Crippen LogP contribution in [0.2, 0.25) is 0 Å². The number of rotatable bonds is 4. The summed E-state index contributed by atoms with van der Waals surface area (Å²) in [5, 5.41) is 10.0. The second-order valence-electron chi connectivity index (χ2n) is 7.01. The minimum absolute atomic E-state index is 0.0473. The lowest BCUT2D eigenvalue weighted by atomic mass is 9.88. The van der Waals surface area contributed by atoms with Crippen LogP contribution in [0.3, 0.4) is 0 Å². The van der Waals surface area contributed by atoms with Crippen LogP contribution in [0.15, 0.2) is 6.07 Å². The highest BCUT2D eigenvalue weighted by Crippen LogP contribution is 2.25. The molecule has 3 rings (SSSR count). The number of nitrogens with zero attached hydrogens (tertiary/aromatic N) is 2. The average Bonchev–Trinajstić information content (AvgIpc) is 2.95. The van der Waals surface area contributed by atoms with Gasteiger partial charge in [0.05, 0.1) is 0 Å². The number of carbonyl (C=O) groups is 1. The molecule has 1 aromatic rings. The Morgan fingerprint density at radius 2 is 2.14 bits per heavy atom. The molecule has 1 aliphatic carbocycles. The molecule has 22 heavy (non-hydrogen) atoms. The summed E-state index contributed by atoms with van der Waals surface area (Å²) in [6, 6.07) is 2.07. The van der Waals surface area contributed by atoms with E-state index >= 15 is 0 Å². The molecule has 2 heterocycles. The number of likely N-dealkylation sites (tertiary alicyclic amines) is 1. The van der Waals surface area contributed by atoms with Gasteiger partial charge in [-0.1, -0.05) is 19.3 Å². The largest absolute Gasteiger partial charge is 0.347 e. The van der Waals surface area contributed by atoms with Gasteiger partial charge in [-0.2, -0.15) is 5.10 Å². The minimum Gasteiger partial charge on any atom is -0.347 e. The van der Waals surface area contributed by atoms with Crippen LogP contribution in [-0.2, 0) is 0 Å². The first kappa shape index (κ1) is 15.5. The molecule has 1 aliphatic heterocycles. The molecule has 1 atom stereocenters. The van der Waals surface area contributed by atoms with E-state index in [9.17, 15) is 4.79 Å². The third-order valence-electron chi connectivity index (χ3n) is 5.02. The third-order valence-corrected chi connectivity index (χ3v) is 5.02. The molecule has 122 valence electrons. The zero-order valence-electron chi connectivity index (χ0n) is 13.6. The number of aromatic nitrogens is 2. The lowest BCUT2D eigenvalue weighted by Crippen LogP contribution is -2.49. The van der Waals surface area contributed by atoms with E-state index in [-0.39, 0.29) is 11.9 Å². The molecule has 1 aromatic heterocycles. The number of amides is 1. The summed E-state index contributed by atoms with van der Waals surface area (Å²) in [7, 11) is 0. The maximum Gasteiger partial charge on any atom is 0.272 e. The van der Waals surface area contributed by atoms with E-state index in [1.165, 1.54) is 51.6 Å². The van der Waals surface area contributed by atoms with Gasteiger partial charge in [0, 0.05) is 24.8 Å². The molecule has 1 saturated carbocycles. The van der Waals surface area contributed by atoms with Crippen LogP contribution in [0.25, 0.3) is 0 Å². The molecule has 1 amide bonds. The van der Waals surface area contributed by atoms with Crippen molar-refractivity contribution in [3.8, 4) is 0 Å². The molecule has 0 radical (unpaired) electrons. The molecular formula is C17H28N4O. The van der Waals surface area contributed by atoms with Crippen molar-refractivity contribution in [1.82, 2.24) is 20.4 Å². The molecule has 2 fully saturated rings. The summed E-state index contributed by atoms with van der Waals surface area (Å²) < 4.78 is 0. The van der Waals surface area contributed by atoms with E-state index in [1.54, 1.807) is 6.07 Å². The number of carbonyl (C=O) groups excluding carboxylic acids is 1. The number of aromatic amines is 1. The minimum atomic E-state index is -0.0473. The zero-order valence-corrected chi connectivity index (χ0v) is 13.6. The Morgan fingerprint density at radius 3 is 2.86 bits per heavy atom. The highest BCUT2D eigenvalue weighted by atomic mass is 16.2. The van der Waals surface area contributed by atoms with E-state index in [0.717, 1.165) is 24.6 Å². The summed E-state index contributed by atoms with van der Waals surface area (Å²) in [6.45, 7) is 5.31. The van der Waals surface area contributed by atoms with Crippen molar-refractivity contribution in [3.05, 3.63) is 17.5 Å². The second-order valence-corrected chi connectivity index (χ2v) is 7.01. The number of H-pyrrole nitrogens is 1. The number of hydrogen-bond acceptors (Lipinski definition) is 3. The highest BCUT2D eigenvalue weighted by molar-refractivity contribution is 5.92. The summed E-state index contributed by atoms with van der Waals surface area (Å²) in [6.07, 6.45) is 9.25. The van der Waals surface area contributed by atoms with Crippen molar-refractivity contribution >= 4 is 5.91 Å². The maximum atomic E-state index is 12.2. The van der Waals surface area contributed by atoms with Gasteiger partial charge < -0.3 is 10.2 Å². The fourth-order valence-electron chi connectivity index (χ4n) is 3.87. The fourth-order valence-corrected chi connectivity index (χ4v) is 3.87. The first-order valence-corrected chi connectivity index (χ1v) is 8.76. The molecule has 0 spiro atoms. The van der Waals surface area contributed by atoms with Crippen molar-refractivity contribution in [1.29, 1.82) is 0 Å². The van der Waals surface area contributed by atoms with Crippen LogP contribution in [-0.4, -0.2) is 46.7 Å². The van der Waals surface area contributed by atoms with E-state index in [4.69, 9.17) is 0 Å². The Bertz CT molecular complexity index is 493. The van der Waals surface area contributed by atoms with Crippen LogP contribution >= 0.6 is 0 Å². The molecule has 0 bridgehead atoms. The quantitative estimate of drug-likeness (QED) is 0.898. The average molecular weight is 304 g/mol. The van der Waals surface area contributed by atoms with Crippen molar-refractivity contribution in [2.24, 2.45) is 5.92 Å². The van der Waals surface area contributed by atoms with Gasteiger partial charge in [0.15, 0.2) is 0 Å². The number of piperidine rings is 1. The molecule has 1 saturated heterocycles. The Hall–Kier alpha value is -1.36. The molecule has 2 aliphatic rings. The van der Waals surface area contributed by atoms with E-state index in [0.29, 0.717) is 5.69 Å². The van der Waals surface area contributed by atoms with Crippen LogP contribution < -0.4 is 5.32 Å². The third kappa shape index (κ3) is 4.09. The standard InChI is InChI=1S/C17H28N4O/c1-13-10-16(20-19-13)17(22)18-15-8-5-9-21(12-15)11-14-6-3-2-4-7-14/h10,14-15H,2-9,11-12H2,1H3,(H,18,22)(H,19,20)/t15-/m0/s1. The lowest BCUT2D eigenvalue weighted by Gasteiger charge is -2.36. The molecule has 5 nitrogen and oxygen atoms in total. The molecule has 2 N–H and O–H groups in total. The van der Waals surface area contributed by atoms with Gasteiger partial charge in [-0.25, -0.2) is 0 Å². The Labute approximate surface area is 132 Å². The van der Waals surface area contributed by atoms with Gasteiger partial charge >= 0.3 is 0 Å². The van der Waals surface area contributed by atoms with Gasteiger partial charge in [-0.15, -0.1) is 0 Å². The molecule has 0 aromatic carbocycles. The van der Waals surface area contributed by atoms with Gasteiger partial charge in [-0.3, -0.25) is 9.89 Å². The zero-order chi connectivity index (χ0) is 15.4.